The normalized spacial score (nSPS) is 15.5. The molecule has 0 atom stereocenters. The van der Waals surface area contributed by atoms with Crippen molar-refractivity contribution in [2.75, 3.05) is 7.11 Å². The van der Waals surface area contributed by atoms with Gasteiger partial charge >= 0.3 is 5.97 Å². The minimum absolute atomic E-state index is 0.307. The van der Waals surface area contributed by atoms with E-state index in [-0.39, 0.29) is 5.97 Å². The van der Waals surface area contributed by atoms with E-state index in [1.807, 2.05) is 71.0 Å². The highest BCUT2D eigenvalue weighted by atomic mass is 16.6. The molecule has 1 saturated carbocycles. The van der Waals surface area contributed by atoms with Crippen molar-refractivity contribution in [2.45, 2.75) is 71.5 Å². The van der Waals surface area contributed by atoms with E-state index in [0.29, 0.717) is 24.3 Å². The molecule has 33 heavy (non-hydrogen) atoms. The highest BCUT2D eigenvalue weighted by Crippen LogP contribution is 2.41. The smallest absolute Gasteiger partial charge is 0.351 e. The topological polar surface area (TPSA) is 70.5 Å². The van der Waals surface area contributed by atoms with Crippen LogP contribution in [-0.4, -0.2) is 34.2 Å². The summed E-state index contributed by atoms with van der Waals surface area (Å²) in [5.74, 6) is 1.05. The molecule has 0 aliphatic heterocycles. The number of carbonyl (C=O) groups is 1. The number of ether oxygens (including phenoxy) is 3. The maximum atomic E-state index is 13.3. The minimum Gasteiger partial charge on any atom is -0.496 e. The Hall–Kier alpha value is -3.15. The average molecular weight is 449 g/mol. The van der Waals surface area contributed by atoms with Gasteiger partial charge in [0.15, 0.2) is 0 Å². The van der Waals surface area contributed by atoms with Crippen molar-refractivity contribution in [1.82, 2.24) is 9.97 Å². The third-order valence-electron chi connectivity index (χ3n) is 6.00. The number of carbonyl (C=O) groups excluding carboxylic acids is 1. The predicted molar refractivity (Wildman–Crippen MR) is 129 cm³/mol. The van der Waals surface area contributed by atoms with Crippen molar-refractivity contribution in [3.8, 4) is 22.9 Å². The molecule has 6 heteroatoms. The van der Waals surface area contributed by atoms with Crippen LogP contribution in [0, 0.1) is 13.8 Å². The number of rotatable bonds is 5. The summed E-state index contributed by atoms with van der Waals surface area (Å²) in [5.41, 5.74) is 2.43. The van der Waals surface area contributed by atoms with E-state index in [4.69, 9.17) is 19.2 Å². The highest BCUT2D eigenvalue weighted by Gasteiger charge is 2.47. The molecule has 0 N–H and O–H groups in total. The van der Waals surface area contributed by atoms with Crippen LogP contribution in [0.1, 0.15) is 57.7 Å². The molecule has 2 aromatic heterocycles. The van der Waals surface area contributed by atoms with Gasteiger partial charge in [-0.25, -0.2) is 9.78 Å². The molecule has 0 bridgehead atoms. The number of aromatic nitrogens is 2. The molecule has 1 aromatic carbocycles. The number of esters is 1. The Morgan fingerprint density at radius 1 is 0.970 bits per heavy atom. The van der Waals surface area contributed by atoms with Crippen molar-refractivity contribution in [3.05, 3.63) is 47.7 Å². The zero-order valence-corrected chi connectivity index (χ0v) is 20.3. The summed E-state index contributed by atoms with van der Waals surface area (Å²) < 4.78 is 17.9. The Balaban J connectivity index is 1.88. The van der Waals surface area contributed by atoms with E-state index in [2.05, 4.69) is 4.98 Å². The Morgan fingerprint density at radius 3 is 2.33 bits per heavy atom. The number of pyridine rings is 2. The maximum absolute atomic E-state index is 13.3. The van der Waals surface area contributed by atoms with Gasteiger partial charge in [0.25, 0.3) is 0 Å². The predicted octanol–water partition coefficient (Wildman–Crippen LogP) is 5.96. The molecular formula is C27H32N2O4. The summed E-state index contributed by atoms with van der Waals surface area (Å²) in [7, 11) is 1.65. The number of fused-ring (bicyclic) bond motifs is 1. The van der Waals surface area contributed by atoms with Crippen LogP contribution in [0.25, 0.3) is 22.3 Å². The molecule has 1 fully saturated rings. The molecular weight excluding hydrogens is 416 g/mol. The van der Waals surface area contributed by atoms with Crippen molar-refractivity contribution < 1.29 is 19.0 Å². The number of methoxy groups -OCH3 is 1. The van der Waals surface area contributed by atoms with E-state index in [0.717, 1.165) is 46.4 Å². The summed E-state index contributed by atoms with van der Waals surface area (Å²) in [4.78, 5) is 22.9. The van der Waals surface area contributed by atoms with E-state index >= 15 is 0 Å². The van der Waals surface area contributed by atoms with Crippen LogP contribution in [0.3, 0.4) is 0 Å². The zero-order valence-electron chi connectivity index (χ0n) is 20.3. The second-order valence-corrected chi connectivity index (χ2v) is 9.76. The molecule has 174 valence electrons. The lowest BCUT2D eigenvalue weighted by Crippen LogP contribution is -2.46. The Morgan fingerprint density at radius 2 is 1.70 bits per heavy atom. The SMILES string of the molecule is COc1ccc2c(OC3(C(=O)OC(C)(C)C)CCCC3)cc(-c3cccc(C)n3)nc2c1C. The summed E-state index contributed by atoms with van der Waals surface area (Å²) in [6.07, 6.45) is 3.08. The Bertz CT molecular complexity index is 1190. The molecule has 0 spiro atoms. The van der Waals surface area contributed by atoms with Crippen LogP contribution in [0.5, 0.6) is 11.5 Å². The van der Waals surface area contributed by atoms with Crippen LogP contribution in [-0.2, 0) is 9.53 Å². The van der Waals surface area contributed by atoms with Gasteiger partial charge in [0.2, 0.25) is 5.60 Å². The second-order valence-electron chi connectivity index (χ2n) is 9.76. The lowest BCUT2D eigenvalue weighted by Gasteiger charge is -2.32. The van der Waals surface area contributed by atoms with Gasteiger partial charge in [-0.05, 0) is 84.6 Å². The van der Waals surface area contributed by atoms with Crippen molar-refractivity contribution >= 4 is 16.9 Å². The number of nitrogens with zero attached hydrogens (tertiary/aromatic N) is 2. The fourth-order valence-electron chi connectivity index (χ4n) is 4.38. The van der Waals surface area contributed by atoms with Crippen molar-refractivity contribution in [2.24, 2.45) is 0 Å². The Labute approximate surface area is 195 Å². The summed E-state index contributed by atoms with van der Waals surface area (Å²) in [5, 5.41) is 0.833. The third-order valence-corrected chi connectivity index (χ3v) is 6.00. The van der Waals surface area contributed by atoms with Gasteiger partial charge in [-0.3, -0.25) is 4.98 Å². The van der Waals surface area contributed by atoms with Crippen molar-refractivity contribution in [3.63, 3.8) is 0 Å². The lowest BCUT2D eigenvalue weighted by molar-refractivity contribution is -0.173. The van der Waals surface area contributed by atoms with Crippen LogP contribution < -0.4 is 9.47 Å². The fourth-order valence-corrected chi connectivity index (χ4v) is 4.38. The summed E-state index contributed by atoms with van der Waals surface area (Å²) in [6.45, 7) is 9.57. The number of hydrogen-bond acceptors (Lipinski definition) is 6. The third kappa shape index (κ3) is 4.65. The quantitative estimate of drug-likeness (QED) is 0.449. The van der Waals surface area contributed by atoms with E-state index in [9.17, 15) is 4.79 Å². The van der Waals surface area contributed by atoms with Gasteiger partial charge in [-0.2, -0.15) is 0 Å². The second kappa shape index (κ2) is 8.65. The highest BCUT2D eigenvalue weighted by molar-refractivity contribution is 5.92. The fraction of sp³-hybridized carbons (Fsp3) is 0.444. The molecule has 3 aromatic rings. The van der Waals surface area contributed by atoms with Crippen LogP contribution >= 0.6 is 0 Å². The number of hydrogen-bond donors (Lipinski definition) is 0. The van der Waals surface area contributed by atoms with Gasteiger partial charge in [-0.1, -0.05) is 6.07 Å². The van der Waals surface area contributed by atoms with Gasteiger partial charge in [-0.15, -0.1) is 0 Å². The maximum Gasteiger partial charge on any atom is 0.351 e. The van der Waals surface area contributed by atoms with Crippen LogP contribution in [0.4, 0.5) is 0 Å². The Kier molecular flexibility index (Phi) is 6.04. The van der Waals surface area contributed by atoms with E-state index < -0.39 is 11.2 Å². The molecule has 0 amide bonds. The summed E-state index contributed by atoms with van der Waals surface area (Å²) >= 11 is 0. The first-order valence-corrected chi connectivity index (χ1v) is 11.5. The average Bonchev–Trinajstić information content (AvgIpc) is 3.23. The van der Waals surface area contributed by atoms with Crippen molar-refractivity contribution in [1.29, 1.82) is 0 Å². The molecule has 0 saturated heterocycles. The summed E-state index contributed by atoms with van der Waals surface area (Å²) in [6, 6.07) is 11.6. The van der Waals surface area contributed by atoms with Crippen LogP contribution in [0.2, 0.25) is 0 Å². The molecule has 0 unspecified atom stereocenters. The number of aryl methyl sites for hydroxylation is 2. The van der Waals surface area contributed by atoms with E-state index in [1.54, 1.807) is 7.11 Å². The molecule has 1 aliphatic rings. The number of benzene rings is 1. The lowest BCUT2D eigenvalue weighted by atomic mass is 10.0. The molecule has 1 aliphatic carbocycles. The van der Waals surface area contributed by atoms with Gasteiger partial charge in [0, 0.05) is 22.7 Å². The van der Waals surface area contributed by atoms with Gasteiger partial charge < -0.3 is 14.2 Å². The first-order valence-electron chi connectivity index (χ1n) is 11.5. The van der Waals surface area contributed by atoms with E-state index in [1.165, 1.54) is 0 Å². The molecule has 6 nitrogen and oxygen atoms in total. The molecule has 2 heterocycles. The first-order chi connectivity index (χ1) is 15.6. The molecule has 0 radical (unpaired) electrons. The first kappa shape index (κ1) is 23.0. The van der Waals surface area contributed by atoms with Crippen LogP contribution in [0.15, 0.2) is 36.4 Å². The standard InChI is InChI=1S/C27H32N2O4/c1-17-10-9-11-20(28-17)21-16-23(19-12-13-22(31-6)18(2)24(19)29-21)32-27(14-7-8-15-27)25(30)33-26(3,4)5/h9-13,16H,7-8,14-15H2,1-6H3. The minimum atomic E-state index is -1.01. The van der Waals surface area contributed by atoms with Gasteiger partial charge in [0.1, 0.15) is 17.1 Å². The largest absolute Gasteiger partial charge is 0.496 e. The molecule has 4 rings (SSSR count). The van der Waals surface area contributed by atoms with Gasteiger partial charge in [0.05, 0.1) is 24.0 Å². The monoisotopic (exact) mass is 448 g/mol. The zero-order chi connectivity index (χ0) is 23.8.